The molecule has 1 aliphatic rings. The van der Waals surface area contributed by atoms with Crippen LogP contribution < -0.4 is 0 Å². The van der Waals surface area contributed by atoms with Gasteiger partial charge in [0.1, 0.15) is 0 Å². The van der Waals surface area contributed by atoms with Gasteiger partial charge in [0.25, 0.3) is 0 Å². The quantitative estimate of drug-likeness (QED) is 0.206. The number of para-hydroxylation sites is 1. The lowest BCUT2D eigenvalue weighted by molar-refractivity contribution is 0.769. The summed E-state index contributed by atoms with van der Waals surface area (Å²) in [7, 11) is 0. The van der Waals surface area contributed by atoms with Crippen molar-refractivity contribution in [1.82, 2.24) is 14.2 Å². The molecule has 3 heteroatoms. The van der Waals surface area contributed by atoms with Crippen LogP contribution in [0.5, 0.6) is 0 Å². The molecule has 0 spiro atoms. The monoisotopic (exact) mass is 573 g/mol. The molecule has 0 amide bonds. The predicted octanol–water partition coefficient (Wildman–Crippen LogP) is 9.95. The summed E-state index contributed by atoms with van der Waals surface area (Å²) in [6, 6.07) is 57.5. The molecule has 0 saturated heterocycles. The predicted molar refractivity (Wildman–Crippen MR) is 184 cm³/mol. The first kappa shape index (κ1) is 24.5. The van der Waals surface area contributed by atoms with Crippen LogP contribution in [0.3, 0.4) is 0 Å². The molecular formula is C42H27N3. The first-order valence-corrected chi connectivity index (χ1v) is 15.5. The van der Waals surface area contributed by atoms with E-state index >= 15 is 0 Å². The molecule has 0 radical (unpaired) electrons. The fourth-order valence-electron chi connectivity index (χ4n) is 8.05. The van der Waals surface area contributed by atoms with Crippen molar-refractivity contribution in [1.29, 1.82) is 0 Å². The summed E-state index contributed by atoms with van der Waals surface area (Å²) >= 11 is 0. The van der Waals surface area contributed by atoms with Crippen LogP contribution in [0.4, 0.5) is 0 Å². The molecule has 3 nitrogen and oxygen atoms in total. The molecule has 1 aliphatic carbocycles. The van der Waals surface area contributed by atoms with Gasteiger partial charge in [-0.1, -0.05) is 121 Å². The normalized spacial score (nSPS) is 13.5. The van der Waals surface area contributed by atoms with Crippen molar-refractivity contribution in [3.05, 3.63) is 186 Å². The molecule has 0 atom stereocenters. The largest absolute Gasteiger partial charge is 0.307 e. The van der Waals surface area contributed by atoms with Gasteiger partial charge in [0.15, 0.2) is 0 Å². The first-order chi connectivity index (χ1) is 22.3. The third kappa shape index (κ3) is 3.17. The molecule has 0 saturated carbocycles. The van der Waals surface area contributed by atoms with Gasteiger partial charge in [-0.05, 0) is 69.8 Å². The molecule has 6 aromatic carbocycles. The Morgan fingerprint density at radius 3 is 1.93 bits per heavy atom. The highest BCUT2D eigenvalue weighted by molar-refractivity contribution is 6.13. The average Bonchev–Trinajstić information content (AvgIpc) is 3.74. The van der Waals surface area contributed by atoms with E-state index in [2.05, 4.69) is 168 Å². The molecule has 0 N–H and O–H groups in total. The van der Waals surface area contributed by atoms with Crippen molar-refractivity contribution in [2.24, 2.45) is 0 Å². The lowest BCUT2D eigenvalue weighted by Crippen LogP contribution is -2.28. The number of pyridine rings is 1. The number of nitrogens with zero attached hydrogens (tertiary/aromatic N) is 3. The van der Waals surface area contributed by atoms with Gasteiger partial charge >= 0.3 is 0 Å². The van der Waals surface area contributed by atoms with Crippen molar-refractivity contribution < 1.29 is 0 Å². The number of fused-ring (bicyclic) bond motifs is 9. The second-order valence-electron chi connectivity index (χ2n) is 12.0. The second-order valence-corrected chi connectivity index (χ2v) is 12.0. The Hall–Kier alpha value is -5.93. The van der Waals surface area contributed by atoms with E-state index in [-0.39, 0.29) is 0 Å². The van der Waals surface area contributed by atoms with Crippen LogP contribution in [0.15, 0.2) is 164 Å². The molecular weight excluding hydrogens is 546 g/mol. The molecule has 0 unspecified atom stereocenters. The number of aromatic nitrogens is 3. The van der Waals surface area contributed by atoms with Gasteiger partial charge in [0, 0.05) is 22.4 Å². The van der Waals surface area contributed by atoms with Gasteiger partial charge in [-0.25, -0.2) is 4.52 Å². The van der Waals surface area contributed by atoms with E-state index in [1.165, 1.54) is 55.2 Å². The zero-order valence-electron chi connectivity index (χ0n) is 24.4. The summed E-state index contributed by atoms with van der Waals surface area (Å²) in [6.07, 6.45) is 2.05. The molecule has 0 fully saturated rings. The van der Waals surface area contributed by atoms with Crippen LogP contribution in [-0.4, -0.2) is 14.2 Å². The van der Waals surface area contributed by atoms with Gasteiger partial charge in [0.05, 0.1) is 33.2 Å². The van der Waals surface area contributed by atoms with E-state index < -0.39 is 5.41 Å². The highest BCUT2D eigenvalue weighted by Gasteiger charge is 2.46. The fraction of sp³-hybridized carbons (Fsp3) is 0.0238. The van der Waals surface area contributed by atoms with E-state index in [1.807, 2.05) is 4.52 Å². The third-order valence-corrected chi connectivity index (χ3v) is 9.82. The van der Waals surface area contributed by atoms with E-state index in [1.54, 1.807) is 0 Å². The molecule has 10 rings (SSSR count). The molecule has 45 heavy (non-hydrogen) atoms. The highest BCUT2D eigenvalue weighted by Crippen LogP contribution is 2.57. The molecule has 3 heterocycles. The molecule has 3 aromatic heterocycles. The summed E-state index contributed by atoms with van der Waals surface area (Å²) in [4.78, 5) is 0. The molecule has 9 aromatic rings. The lowest BCUT2D eigenvalue weighted by Gasteiger charge is -2.33. The summed E-state index contributed by atoms with van der Waals surface area (Å²) in [6.45, 7) is 0. The molecule has 210 valence electrons. The van der Waals surface area contributed by atoms with E-state index in [9.17, 15) is 0 Å². The number of rotatable bonds is 3. The first-order valence-electron chi connectivity index (χ1n) is 15.5. The standard InChI is InChI=1S/C42H27N3/c1-3-14-28(15-4-1)42(29-16-5-2-6-17-29)35-21-10-7-18-30(35)33-27-40-34(26-36(33)42)31-19-9-12-23-38(31)45(40)39-24-13-25-44-41(39)32-20-8-11-22-37(32)43-44/h1-27H. The SMILES string of the molecule is c1ccc(C2(c3ccccc3)c3ccccc3-c3cc4c(cc32)c2ccccc2n4-c2cccn3nc4ccccc4c23)cc1. The van der Waals surface area contributed by atoms with Gasteiger partial charge in [-0.2, -0.15) is 5.10 Å². The van der Waals surface area contributed by atoms with Gasteiger partial charge in [-0.3, -0.25) is 0 Å². The molecule has 0 bridgehead atoms. The van der Waals surface area contributed by atoms with Crippen LogP contribution in [0.2, 0.25) is 0 Å². The van der Waals surface area contributed by atoms with E-state index in [0.29, 0.717) is 0 Å². The van der Waals surface area contributed by atoms with E-state index in [0.717, 1.165) is 22.1 Å². The Labute approximate surface area is 260 Å². The average molecular weight is 574 g/mol. The topological polar surface area (TPSA) is 22.2 Å². The van der Waals surface area contributed by atoms with Crippen LogP contribution in [0.1, 0.15) is 22.3 Å². The Kier molecular flexibility index (Phi) is 4.92. The van der Waals surface area contributed by atoms with Gasteiger partial charge in [0.2, 0.25) is 0 Å². The van der Waals surface area contributed by atoms with Crippen LogP contribution in [0, 0.1) is 0 Å². The Morgan fingerprint density at radius 1 is 0.467 bits per heavy atom. The molecule has 0 aliphatic heterocycles. The summed E-state index contributed by atoms with van der Waals surface area (Å²) in [5.74, 6) is 0. The number of benzene rings is 6. The smallest absolute Gasteiger partial charge is 0.0980 e. The maximum absolute atomic E-state index is 4.92. The minimum Gasteiger partial charge on any atom is -0.307 e. The van der Waals surface area contributed by atoms with Crippen LogP contribution >= 0.6 is 0 Å². The Bertz CT molecular complexity index is 2550. The summed E-state index contributed by atoms with van der Waals surface area (Å²) < 4.78 is 4.47. The summed E-state index contributed by atoms with van der Waals surface area (Å²) in [5.41, 5.74) is 12.9. The van der Waals surface area contributed by atoms with Crippen LogP contribution in [0.25, 0.3) is 55.0 Å². The zero-order chi connectivity index (χ0) is 29.5. The van der Waals surface area contributed by atoms with Crippen molar-refractivity contribution in [2.45, 2.75) is 5.41 Å². The summed E-state index contributed by atoms with van der Waals surface area (Å²) in [5, 5.41) is 8.57. The Morgan fingerprint density at radius 2 is 1.13 bits per heavy atom. The number of hydrogen-bond donors (Lipinski definition) is 0. The number of hydrogen-bond acceptors (Lipinski definition) is 1. The van der Waals surface area contributed by atoms with Gasteiger partial charge < -0.3 is 4.57 Å². The van der Waals surface area contributed by atoms with Gasteiger partial charge in [-0.15, -0.1) is 0 Å². The Balaban J connectivity index is 1.38. The van der Waals surface area contributed by atoms with Crippen molar-refractivity contribution in [3.63, 3.8) is 0 Å². The maximum atomic E-state index is 4.92. The van der Waals surface area contributed by atoms with Crippen molar-refractivity contribution in [3.8, 4) is 16.8 Å². The van der Waals surface area contributed by atoms with Crippen LogP contribution in [-0.2, 0) is 5.41 Å². The van der Waals surface area contributed by atoms with Crippen molar-refractivity contribution in [2.75, 3.05) is 0 Å². The highest BCUT2D eigenvalue weighted by atomic mass is 15.2. The maximum Gasteiger partial charge on any atom is 0.0980 e. The minimum absolute atomic E-state index is 0.437. The lowest BCUT2D eigenvalue weighted by atomic mass is 9.67. The zero-order valence-corrected chi connectivity index (χ0v) is 24.4. The fourth-order valence-corrected chi connectivity index (χ4v) is 8.05. The minimum atomic E-state index is -0.437. The third-order valence-electron chi connectivity index (χ3n) is 9.82. The second kappa shape index (κ2) is 9.04. The van der Waals surface area contributed by atoms with Crippen molar-refractivity contribution >= 4 is 38.2 Å². The van der Waals surface area contributed by atoms with E-state index in [4.69, 9.17) is 5.10 Å².